The zero-order chi connectivity index (χ0) is 10.8. The van der Waals surface area contributed by atoms with Crippen LogP contribution in [0, 0.1) is 0 Å². The predicted molar refractivity (Wildman–Crippen MR) is 58.9 cm³/mol. The fourth-order valence-corrected chi connectivity index (χ4v) is 1.85. The van der Waals surface area contributed by atoms with Crippen LogP contribution in [0.5, 0.6) is 0 Å². The van der Waals surface area contributed by atoms with Gasteiger partial charge in [0.1, 0.15) is 0 Å². The minimum absolute atomic E-state index is 0.0229. The second-order valence-corrected chi connectivity index (χ2v) is 3.53. The van der Waals surface area contributed by atoms with Crippen molar-refractivity contribution in [2.24, 2.45) is 0 Å². The van der Waals surface area contributed by atoms with Crippen molar-refractivity contribution in [2.45, 2.75) is 13.5 Å². The third-order valence-corrected chi connectivity index (χ3v) is 2.62. The minimum Gasteiger partial charge on any atom is -0.392 e. The number of nitrogens with one attached hydrogen (secondary N) is 1. The summed E-state index contributed by atoms with van der Waals surface area (Å²) in [6, 6.07) is 5.67. The molecule has 1 aromatic carbocycles. The molecule has 1 aliphatic heterocycles. The molecule has 0 spiro atoms. The third-order valence-electron chi connectivity index (χ3n) is 2.62. The van der Waals surface area contributed by atoms with E-state index in [-0.39, 0.29) is 12.5 Å². The number of hydrogen-bond acceptors (Lipinski definition) is 3. The summed E-state index contributed by atoms with van der Waals surface area (Å²) in [6.45, 7) is 3.13. The summed E-state index contributed by atoms with van der Waals surface area (Å²) < 4.78 is 0. The van der Waals surface area contributed by atoms with Gasteiger partial charge in [0.25, 0.3) is 0 Å². The fourth-order valence-electron chi connectivity index (χ4n) is 1.85. The Morgan fingerprint density at radius 2 is 2.33 bits per heavy atom. The first kappa shape index (κ1) is 9.98. The number of benzene rings is 1. The van der Waals surface area contributed by atoms with E-state index in [4.69, 9.17) is 5.11 Å². The highest BCUT2D eigenvalue weighted by atomic mass is 16.3. The van der Waals surface area contributed by atoms with Crippen LogP contribution in [-0.4, -0.2) is 24.1 Å². The van der Waals surface area contributed by atoms with Crippen LogP contribution in [0.4, 0.5) is 11.4 Å². The number of likely N-dealkylation sites (N-methyl/N-ethyl adjacent to an activating group) is 1. The van der Waals surface area contributed by atoms with Gasteiger partial charge >= 0.3 is 0 Å². The molecule has 0 aromatic heterocycles. The van der Waals surface area contributed by atoms with Gasteiger partial charge in [-0.05, 0) is 13.0 Å². The van der Waals surface area contributed by atoms with Gasteiger partial charge in [-0.2, -0.15) is 0 Å². The summed E-state index contributed by atoms with van der Waals surface area (Å²) >= 11 is 0. The molecule has 1 heterocycles. The molecule has 1 aromatic rings. The molecule has 4 heteroatoms. The van der Waals surface area contributed by atoms with E-state index in [1.807, 2.05) is 30.0 Å². The lowest BCUT2D eigenvalue weighted by Gasteiger charge is -2.30. The number of rotatable bonds is 2. The zero-order valence-electron chi connectivity index (χ0n) is 8.66. The van der Waals surface area contributed by atoms with Gasteiger partial charge in [-0.15, -0.1) is 0 Å². The van der Waals surface area contributed by atoms with E-state index in [0.29, 0.717) is 6.54 Å². The van der Waals surface area contributed by atoms with E-state index in [9.17, 15) is 4.79 Å². The Bertz CT molecular complexity index is 390. The van der Waals surface area contributed by atoms with E-state index in [1.165, 1.54) is 0 Å². The van der Waals surface area contributed by atoms with Gasteiger partial charge in [0, 0.05) is 12.1 Å². The van der Waals surface area contributed by atoms with E-state index < -0.39 is 0 Å². The largest absolute Gasteiger partial charge is 0.392 e. The molecule has 2 N–H and O–H groups in total. The second kappa shape index (κ2) is 3.90. The average Bonchev–Trinajstić information content (AvgIpc) is 2.27. The van der Waals surface area contributed by atoms with E-state index in [1.54, 1.807) is 0 Å². The van der Waals surface area contributed by atoms with Gasteiger partial charge in [-0.25, -0.2) is 0 Å². The molecule has 0 unspecified atom stereocenters. The highest BCUT2D eigenvalue weighted by molar-refractivity contribution is 6.02. The number of fused-ring (bicyclic) bond motifs is 1. The van der Waals surface area contributed by atoms with Crippen LogP contribution in [0.25, 0.3) is 0 Å². The Morgan fingerprint density at radius 3 is 3.00 bits per heavy atom. The highest BCUT2D eigenvalue weighted by Gasteiger charge is 2.22. The first-order chi connectivity index (χ1) is 7.26. The zero-order valence-corrected chi connectivity index (χ0v) is 8.66. The monoisotopic (exact) mass is 206 g/mol. The molecule has 15 heavy (non-hydrogen) atoms. The average molecular weight is 206 g/mol. The maximum atomic E-state index is 11.4. The van der Waals surface area contributed by atoms with Crippen molar-refractivity contribution in [3.63, 3.8) is 0 Å². The third kappa shape index (κ3) is 1.68. The van der Waals surface area contributed by atoms with Crippen LogP contribution >= 0.6 is 0 Å². The van der Waals surface area contributed by atoms with E-state index in [2.05, 4.69) is 5.32 Å². The lowest BCUT2D eigenvalue weighted by Crippen LogP contribution is -2.38. The minimum atomic E-state index is -0.0546. The molecule has 0 saturated heterocycles. The Labute approximate surface area is 88.5 Å². The van der Waals surface area contributed by atoms with Gasteiger partial charge in [-0.1, -0.05) is 12.1 Å². The van der Waals surface area contributed by atoms with E-state index >= 15 is 0 Å². The van der Waals surface area contributed by atoms with Crippen LogP contribution in [0.3, 0.4) is 0 Å². The van der Waals surface area contributed by atoms with Crippen molar-refractivity contribution >= 4 is 17.3 Å². The van der Waals surface area contributed by atoms with Crippen LogP contribution in [0.1, 0.15) is 12.5 Å². The van der Waals surface area contributed by atoms with Crippen molar-refractivity contribution in [1.82, 2.24) is 0 Å². The number of aliphatic hydroxyl groups is 1. The van der Waals surface area contributed by atoms with Gasteiger partial charge in [-0.3, -0.25) is 4.79 Å². The first-order valence-electron chi connectivity index (χ1n) is 5.03. The number of nitrogens with zero attached hydrogens (tertiary/aromatic N) is 1. The molecule has 0 atom stereocenters. The summed E-state index contributed by atoms with van der Waals surface area (Å²) in [6.07, 6.45) is 0. The van der Waals surface area contributed by atoms with Crippen LogP contribution in [0.15, 0.2) is 18.2 Å². The number of hydrogen-bond donors (Lipinski definition) is 2. The number of carbonyl (C=O) groups excluding carboxylic acids is 1. The topological polar surface area (TPSA) is 52.6 Å². The fraction of sp³-hybridized carbons (Fsp3) is 0.364. The quantitative estimate of drug-likeness (QED) is 0.757. The molecule has 0 saturated carbocycles. The molecule has 4 nitrogen and oxygen atoms in total. The van der Waals surface area contributed by atoms with Crippen LogP contribution < -0.4 is 10.2 Å². The molecular weight excluding hydrogens is 192 g/mol. The molecule has 0 aliphatic carbocycles. The smallest absolute Gasteiger partial charge is 0.243 e. The van der Waals surface area contributed by atoms with Gasteiger partial charge in [0.05, 0.1) is 24.5 Å². The summed E-state index contributed by atoms with van der Waals surface area (Å²) in [7, 11) is 0. The molecule has 0 fully saturated rings. The summed E-state index contributed by atoms with van der Waals surface area (Å²) in [5, 5.41) is 12.0. The van der Waals surface area contributed by atoms with Crippen molar-refractivity contribution in [2.75, 3.05) is 23.3 Å². The lowest BCUT2D eigenvalue weighted by atomic mass is 10.1. The Kier molecular flexibility index (Phi) is 2.60. The van der Waals surface area contributed by atoms with Crippen molar-refractivity contribution in [3.05, 3.63) is 23.8 Å². The number of anilines is 2. The Balaban J connectivity index is 2.49. The second-order valence-electron chi connectivity index (χ2n) is 3.53. The highest BCUT2D eigenvalue weighted by Crippen LogP contribution is 2.32. The maximum absolute atomic E-state index is 11.4. The number of para-hydroxylation sites is 1. The first-order valence-corrected chi connectivity index (χ1v) is 5.03. The summed E-state index contributed by atoms with van der Waals surface area (Å²) in [4.78, 5) is 13.4. The molecular formula is C11H14N2O2. The van der Waals surface area contributed by atoms with Crippen LogP contribution in [0.2, 0.25) is 0 Å². The van der Waals surface area contributed by atoms with Crippen molar-refractivity contribution in [3.8, 4) is 0 Å². The molecule has 2 rings (SSSR count). The van der Waals surface area contributed by atoms with Crippen LogP contribution in [-0.2, 0) is 11.4 Å². The van der Waals surface area contributed by atoms with E-state index in [0.717, 1.165) is 23.5 Å². The maximum Gasteiger partial charge on any atom is 0.243 e. The molecule has 80 valence electrons. The number of aliphatic hydroxyl groups excluding tert-OH is 1. The normalized spacial score (nSPS) is 14.8. The van der Waals surface area contributed by atoms with Crippen molar-refractivity contribution < 1.29 is 9.90 Å². The SMILES string of the molecule is CCN1CC(=O)Nc2c(CO)cccc21. The Hall–Kier alpha value is -1.55. The van der Waals surface area contributed by atoms with Crippen molar-refractivity contribution in [1.29, 1.82) is 0 Å². The summed E-state index contributed by atoms with van der Waals surface area (Å²) in [5.74, 6) is -0.0229. The standard InChI is InChI=1S/C11H14N2O2/c1-2-13-6-10(15)12-11-8(7-14)4-3-5-9(11)13/h3-5,14H,2,6-7H2,1H3,(H,12,15). The number of amides is 1. The molecule has 0 bridgehead atoms. The molecule has 1 amide bonds. The molecule has 0 radical (unpaired) electrons. The Morgan fingerprint density at radius 1 is 1.53 bits per heavy atom. The van der Waals surface area contributed by atoms with Gasteiger partial charge in [0.15, 0.2) is 0 Å². The summed E-state index contributed by atoms with van der Waals surface area (Å²) in [5.41, 5.74) is 2.50. The van der Waals surface area contributed by atoms with Gasteiger partial charge < -0.3 is 15.3 Å². The predicted octanol–water partition coefficient (Wildman–Crippen LogP) is 0.957. The van der Waals surface area contributed by atoms with Gasteiger partial charge in [0.2, 0.25) is 5.91 Å². The number of carbonyl (C=O) groups is 1. The lowest BCUT2D eigenvalue weighted by molar-refractivity contribution is -0.115. The molecule has 1 aliphatic rings.